The zero-order chi connectivity index (χ0) is 21.5. The quantitative estimate of drug-likeness (QED) is 0.497. The van der Waals surface area contributed by atoms with E-state index < -0.39 is 5.97 Å². The Morgan fingerprint density at radius 3 is 2.40 bits per heavy atom. The first kappa shape index (κ1) is 21.6. The van der Waals surface area contributed by atoms with Gasteiger partial charge in [-0.1, -0.05) is 56.3 Å². The van der Waals surface area contributed by atoms with E-state index in [-0.39, 0.29) is 12.5 Å². The number of para-hydroxylation sites is 1. The summed E-state index contributed by atoms with van der Waals surface area (Å²) in [6, 6.07) is 15.6. The highest BCUT2D eigenvalue weighted by Crippen LogP contribution is 2.36. The normalized spacial score (nSPS) is 10.5. The van der Waals surface area contributed by atoms with Gasteiger partial charge in [0, 0.05) is 10.9 Å². The van der Waals surface area contributed by atoms with Gasteiger partial charge in [0.1, 0.15) is 16.3 Å². The summed E-state index contributed by atoms with van der Waals surface area (Å²) in [5, 5.41) is 5.11. The van der Waals surface area contributed by atoms with E-state index in [4.69, 9.17) is 9.47 Å². The van der Waals surface area contributed by atoms with E-state index in [1.807, 2.05) is 60.8 Å². The highest BCUT2D eigenvalue weighted by Gasteiger charge is 2.22. The number of carbonyl (C=O) groups is 2. The summed E-state index contributed by atoms with van der Waals surface area (Å²) in [7, 11) is 1.33. The number of ether oxygens (including phenoxy) is 2. The molecule has 0 aliphatic heterocycles. The van der Waals surface area contributed by atoms with Crippen molar-refractivity contribution in [3.05, 3.63) is 70.6 Å². The third-order valence-electron chi connectivity index (χ3n) is 4.82. The fourth-order valence-corrected chi connectivity index (χ4v) is 4.10. The van der Waals surface area contributed by atoms with Gasteiger partial charge in [-0.15, -0.1) is 11.3 Å². The molecular weight excluding hydrogens is 398 g/mol. The molecule has 3 aromatic rings. The average molecular weight is 424 g/mol. The SMILES string of the molecule is CCc1ccc(-c2csc(NC(=O)COc3ccccc3CC)c2C(=O)OC)cc1. The van der Waals surface area contributed by atoms with Crippen molar-refractivity contribution in [1.29, 1.82) is 0 Å². The van der Waals surface area contributed by atoms with Gasteiger partial charge in [-0.2, -0.15) is 0 Å². The lowest BCUT2D eigenvalue weighted by Crippen LogP contribution is -2.21. The molecule has 5 nitrogen and oxygen atoms in total. The zero-order valence-electron chi connectivity index (χ0n) is 17.4. The van der Waals surface area contributed by atoms with Crippen molar-refractivity contribution in [2.45, 2.75) is 26.7 Å². The molecule has 0 saturated carbocycles. The van der Waals surface area contributed by atoms with Crippen LogP contribution < -0.4 is 10.1 Å². The monoisotopic (exact) mass is 423 g/mol. The van der Waals surface area contributed by atoms with E-state index >= 15 is 0 Å². The van der Waals surface area contributed by atoms with E-state index in [0.29, 0.717) is 16.3 Å². The lowest BCUT2D eigenvalue weighted by atomic mass is 10.0. The molecule has 0 spiro atoms. The van der Waals surface area contributed by atoms with Gasteiger partial charge in [0.15, 0.2) is 6.61 Å². The number of rotatable bonds is 8. The van der Waals surface area contributed by atoms with Gasteiger partial charge >= 0.3 is 5.97 Å². The Morgan fingerprint density at radius 2 is 1.73 bits per heavy atom. The first-order valence-corrected chi connectivity index (χ1v) is 10.7. The molecule has 1 heterocycles. The van der Waals surface area contributed by atoms with E-state index in [1.165, 1.54) is 24.0 Å². The van der Waals surface area contributed by atoms with Crippen LogP contribution >= 0.6 is 11.3 Å². The summed E-state index contributed by atoms with van der Waals surface area (Å²) in [5.41, 5.74) is 4.25. The highest BCUT2D eigenvalue weighted by atomic mass is 32.1. The Hall–Kier alpha value is -3.12. The molecule has 0 bridgehead atoms. The Kier molecular flexibility index (Phi) is 7.25. The van der Waals surface area contributed by atoms with E-state index in [0.717, 1.165) is 29.5 Å². The van der Waals surface area contributed by atoms with Gasteiger partial charge in [-0.3, -0.25) is 4.79 Å². The maximum atomic E-state index is 12.5. The van der Waals surface area contributed by atoms with Crippen molar-refractivity contribution >= 4 is 28.2 Å². The third kappa shape index (κ3) is 4.89. The second kappa shape index (κ2) is 10.1. The number of amides is 1. The summed E-state index contributed by atoms with van der Waals surface area (Å²) in [5.74, 6) is -0.134. The molecule has 3 rings (SSSR count). The van der Waals surface area contributed by atoms with Crippen LogP contribution in [0.4, 0.5) is 5.00 Å². The molecule has 0 radical (unpaired) electrons. The number of hydrogen-bond acceptors (Lipinski definition) is 5. The first-order chi connectivity index (χ1) is 14.6. The first-order valence-electron chi connectivity index (χ1n) is 9.87. The largest absolute Gasteiger partial charge is 0.483 e. The number of carbonyl (C=O) groups excluding carboxylic acids is 2. The van der Waals surface area contributed by atoms with Crippen LogP contribution in [0.5, 0.6) is 5.75 Å². The minimum absolute atomic E-state index is 0.143. The number of thiophene rings is 1. The second-order valence-corrected chi connectivity index (χ2v) is 7.57. The van der Waals surface area contributed by atoms with Crippen molar-refractivity contribution in [1.82, 2.24) is 0 Å². The topological polar surface area (TPSA) is 64.6 Å². The van der Waals surface area contributed by atoms with Gasteiger partial charge in [-0.25, -0.2) is 4.79 Å². The van der Waals surface area contributed by atoms with Crippen molar-refractivity contribution in [3.8, 4) is 16.9 Å². The molecule has 0 aliphatic rings. The van der Waals surface area contributed by atoms with Crippen molar-refractivity contribution in [3.63, 3.8) is 0 Å². The molecule has 30 heavy (non-hydrogen) atoms. The second-order valence-electron chi connectivity index (χ2n) is 6.69. The molecule has 2 aromatic carbocycles. The third-order valence-corrected chi connectivity index (χ3v) is 5.71. The fourth-order valence-electron chi connectivity index (χ4n) is 3.13. The minimum atomic E-state index is -0.488. The van der Waals surface area contributed by atoms with Gasteiger partial charge in [-0.05, 0) is 35.6 Å². The predicted octanol–water partition coefficient (Wildman–Crippen LogP) is 5.34. The van der Waals surface area contributed by atoms with Crippen LogP contribution in [0.2, 0.25) is 0 Å². The zero-order valence-corrected chi connectivity index (χ0v) is 18.2. The highest BCUT2D eigenvalue weighted by molar-refractivity contribution is 7.15. The van der Waals surface area contributed by atoms with Crippen LogP contribution in [0.1, 0.15) is 35.3 Å². The molecule has 1 N–H and O–H groups in total. The number of hydrogen-bond donors (Lipinski definition) is 1. The van der Waals surface area contributed by atoms with Crippen molar-refractivity contribution in [2.75, 3.05) is 19.0 Å². The summed E-state index contributed by atoms with van der Waals surface area (Å²) in [6.07, 6.45) is 1.76. The van der Waals surface area contributed by atoms with Crippen LogP contribution in [0.3, 0.4) is 0 Å². The van der Waals surface area contributed by atoms with Crippen molar-refractivity contribution < 1.29 is 19.1 Å². The van der Waals surface area contributed by atoms with Gasteiger partial charge in [0.25, 0.3) is 5.91 Å². The standard InChI is InChI=1S/C24H25NO4S/c1-4-16-10-12-18(13-11-16)19-15-30-23(22(19)24(27)28-3)25-21(26)14-29-20-9-7-6-8-17(20)5-2/h6-13,15H,4-5,14H2,1-3H3,(H,25,26). The van der Waals surface area contributed by atoms with Gasteiger partial charge < -0.3 is 14.8 Å². The number of anilines is 1. The molecule has 0 fully saturated rings. The molecule has 1 amide bonds. The summed E-state index contributed by atoms with van der Waals surface area (Å²) in [6.45, 7) is 3.98. The molecular formula is C24H25NO4S. The van der Waals surface area contributed by atoms with Crippen LogP contribution in [-0.2, 0) is 22.4 Å². The van der Waals surface area contributed by atoms with E-state index in [9.17, 15) is 9.59 Å². The lowest BCUT2D eigenvalue weighted by Gasteiger charge is -2.11. The average Bonchev–Trinajstić information content (AvgIpc) is 3.20. The number of esters is 1. The molecule has 156 valence electrons. The van der Waals surface area contributed by atoms with Crippen LogP contribution in [-0.4, -0.2) is 25.6 Å². The summed E-state index contributed by atoms with van der Waals surface area (Å²) in [4.78, 5) is 25.0. The maximum Gasteiger partial charge on any atom is 0.341 e. The lowest BCUT2D eigenvalue weighted by molar-refractivity contribution is -0.118. The number of aryl methyl sites for hydroxylation is 2. The maximum absolute atomic E-state index is 12.5. The smallest absolute Gasteiger partial charge is 0.341 e. The van der Waals surface area contributed by atoms with Gasteiger partial charge in [0.05, 0.1) is 7.11 Å². The molecule has 0 unspecified atom stereocenters. The molecule has 1 aromatic heterocycles. The number of nitrogens with one attached hydrogen (secondary N) is 1. The van der Waals surface area contributed by atoms with Gasteiger partial charge in [0.2, 0.25) is 0 Å². The van der Waals surface area contributed by atoms with Crippen LogP contribution in [0.25, 0.3) is 11.1 Å². The Balaban J connectivity index is 1.78. The summed E-state index contributed by atoms with van der Waals surface area (Å²) >= 11 is 1.29. The van der Waals surface area contributed by atoms with Crippen LogP contribution in [0, 0.1) is 0 Å². The molecule has 0 atom stereocenters. The Morgan fingerprint density at radius 1 is 1.00 bits per heavy atom. The Labute approximate surface area is 180 Å². The molecule has 0 saturated heterocycles. The minimum Gasteiger partial charge on any atom is -0.483 e. The number of methoxy groups -OCH3 is 1. The molecule has 6 heteroatoms. The van der Waals surface area contributed by atoms with E-state index in [1.54, 1.807) is 0 Å². The van der Waals surface area contributed by atoms with E-state index in [2.05, 4.69) is 12.2 Å². The van der Waals surface area contributed by atoms with Crippen molar-refractivity contribution in [2.24, 2.45) is 0 Å². The number of benzene rings is 2. The summed E-state index contributed by atoms with van der Waals surface area (Å²) < 4.78 is 10.7. The Bertz CT molecular complexity index is 1020. The predicted molar refractivity (Wildman–Crippen MR) is 120 cm³/mol. The molecule has 0 aliphatic carbocycles. The van der Waals surface area contributed by atoms with Crippen LogP contribution in [0.15, 0.2) is 53.9 Å². The fraction of sp³-hybridized carbons (Fsp3) is 0.250.